The highest BCUT2D eigenvalue weighted by Crippen LogP contribution is 2.46. The summed E-state index contributed by atoms with van der Waals surface area (Å²) in [6, 6.07) is 0. The summed E-state index contributed by atoms with van der Waals surface area (Å²) >= 11 is 0. The fourth-order valence-corrected chi connectivity index (χ4v) is 3.02. The van der Waals surface area contributed by atoms with E-state index in [1.807, 2.05) is 0 Å². The maximum atomic E-state index is 11.7. The Morgan fingerprint density at radius 2 is 1.94 bits per heavy atom. The minimum Gasteiger partial charge on any atom is -0.481 e. The number of aliphatic hydroxyl groups excluding tert-OH is 1. The van der Waals surface area contributed by atoms with Gasteiger partial charge in [0.15, 0.2) is 0 Å². The predicted octanol–water partition coefficient (Wildman–Crippen LogP) is 1.27. The van der Waals surface area contributed by atoms with Crippen molar-refractivity contribution in [3.63, 3.8) is 0 Å². The van der Waals surface area contributed by atoms with Gasteiger partial charge in [-0.05, 0) is 32.1 Å². The van der Waals surface area contributed by atoms with Crippen LogP contribution in [0.5, 0.6) is 0 Å². The van der Waals surface area contributed by atoms with E-state index in [1.165, 1.54) is 0 Å². The molecule has 1 atom stereocenters. The molecule has 2 aliphatic heterocycles. The lowest BCUT2D eigenvalue weighted by Gasteiger charge is -2.24. The second-order valence-electron chi connectivity index (χ2n) is 5.49. The molecule has 5 heteroatoms. The molecule has 2 N–H and O–H groups in total. The first-order chi connectivity index (χ1) is 8.49. The molecule has 0 aromatic rings. The number of aliphatic hydroxyl groups is 1. The lowest BCUT2D eigenvalue weighted by Crippen LogP contribution is -2.26. The second kappa shape index (κ2) is 5.36. The third-order valence-corrected chi connectivity index (χ3v) is 3.99. The summed E-state index contributed by atoms with van der Waals surface area (Å²) in [5, 5.41) is 17.9. The average molecular weight is 256 g/mol. The molecule has 0 radical (unpaired) electrons. The molecule has 5 nitrogen and oxygen atoms in total. The molecule has 2 aliphatic rings. The van der Waals surface area contributed by atoms with E-state index in [0.717, 1.165) is 25.7 Å². The Hall–Kier alpha value is -0.940. The molecule has 2 heterocycles. The van der Waals surface area contributed by atoms with Crippen molar-refractivity contribution in [2.45, 2.75) is 69.2 Å². The molecule has 0 spiro atoms. The molecule has 102 valence electrons. The van der Waals surface area contributed by atoms with Crippen LogP contribution in [0, 0.1) is 0 Å². The number of carboxylic acid groups (broad SMARTS) is 1. The van der Waals surface area contributed by atoms with E-state index in [-0.39, 0.29) is 24.2 Å². The molecule has 0 aliphatic carbocycles. The smallest absolute Gasteiger partial charge is 0.305 e. The van der Waals surface area contributed by atoms with Gasteiger partial charge in [0.2, 0.25) is 0 Å². The molecule has 0 aromatic heterocycles. The van der Waals surface area contributed by atoms with E-state index in [9.17, 15) is 14.7 Å². The van der Waals surface area contributed by atoms with Crippen LogP contribution in [0.3, 0.4) is 0 Å². The van der Waals surface area contributed by atoms with Crippen molar-refractivity contribution in [3.8, 4) is 0 Å². The lowest BCUT2D eigenvalue weighted by molar-refractivity contribution is -0.139. The number of Topliss-reactive ketones (excluding diaryl/α,β-unsaturated/α-hetero) is 1. The first-order valence-electron chi connectivity index (χ1n) is 6.58. The van der Waals surface area contributed by atoms with Crippen LogP contribution in [0.1, 0.15) is 51.4 Å². The third-order valence-electron chi connectivity index (χ3n) is 3.99. The summed E-state index contributed by atoms with van der Waals surface area (Å²) in [5.74, 6) is -1.15. The molecule has 0 saturated carbocycles. The van der Waals surface area contributed by atoms with Crippen LogP contribution in [-0.2, 0) is 14.3 Å². The highest BCUT2D eigenvalue weighted by atomic mass is 16.5. The summed E-state index contributed by atoms with van der Waals surface area (Å²) in [4.78, 5) is 22.0. The summed E-state index contributed by atoms with van der Waals surface area (Å²) in [6.45, 7) is 0. The standard InChI is InChI=1S/C13H20O5/c14-9(7-10(15)8-12(16)17)1-4-13-5-2-11(18-13)3-6-13/h10-11,15H,1-8H2,(H,16,17). The van der Waals surface area contributed by atoms with Crippen LogP contribution in [0.25, 0.3) is 0 Å². The topological polar surface area (TPSA) is 83.8 Å². The van der Waals surface area contributed by atoms with Crippen molar-refractivity contribution in [3.05, 3.63) is 0 Å². The largest absolute Gasteiger partial charge is 0.481 e. The monoisotopic (exact) mass is 256 g/mol. The van der Waals surface area contributed by atoms with E-state index in [0.29, 0.717) is 18.9 Å². The van der Waals surface area contributed by atoms with Crippen LogP contribution in [-0.4, -0.2) is 39.8 Å². The number of ketones is 1. The Labute approximate surface area is 106 Å². The zero-order valence-electron chi connectivity index (χ0n) is 10.4. The summed E-state index contributed by atoms with van der Waals surface area (Å²) in [7, 11) is 0. The number of rotatable bonds is 7. The number of fused-ring (bicyclic) bond motifs is 2. The van der Waals surface area contributed by atoms with Crippen LogP contribution in [0.2, 0.25) is 0 Å². The van der Waals surface area contributed by atoms with Crippen LogP contribution in [0.4, 0.5) is 0 Å². The molecule has 1 unspecified atom stereocenters. The maximum absolute atomic E-state index is 11.7. The quantitative estimate of drug-likeness (QED) is 0.716. The van der Waals surface area contributed by atoms with E-state index >= 15 is 0 Å². The SMILES string of the molecule is O=C(O)CC(O)CC(=O)CCC12CCC(CC1)O2. The Morgan fingerprint density at radius 3 is 2.44 bits per heavy atom. The Morgan fingerprint density at radius 1 is 1.28 bits per heavy atom. The highest BCUT2D eigenvalue weighted by molar-refractivity contribution is 5.79. The van der Waals surface area contributed by atoms with Crippen LogP contribution >= 0.6 is 0 Å². The van der Waals surface area contributed by atoms with Gasteiger partial charge in [-0.3, -0.25) is 9.59 Å². The Kier molecular flexibility index (Phi) is 4.02. The van der Waals surface area contributed by atoms with Crippen molar-refractivity contribution < 1.29 is 24.5 Å². The molecular weight excluding hydrogens is 236 g/mol. The first-order valence-corrected chi connectivity index (χ1v) is 6.58. The fourth-order valence-electron chi connectivity index (χ4n) is 3.02. The zero-order chi connectivity index (χ0) is 13.2. The van der Waals surface area contributed by atoms with E-state index in [2.05, 4.69) is 0 Å². The first kappa shape index (κ1) is 13.5. The van der Waals surface area contributed by atoms with E-state index < -0.39 is 12.1 Å². The van der Waals surface area contributed by atoms with E-state index in [1.54, 1.807) is 0 Å². The van der Waals surface area contributed by atoms with Crippen molar-refractivity contribution >= 4 is 11.8 Å². The second-order valence-corrected chi connectivity index (χ2v) is 5.49. The third kappa shape index (κ3) is 3.29. The number of aliphatic carboxylic acids is 1. The lowest BCUT2D eigenvalue weighted by atomic mass is 9.84. The van der Waals surface area contributed by atoms with Crippen LogP contribution in [0.15, 0.2) is 0 Å². The van der Waals surface area contributed by atoms with E-state index in [4.69, 9.17) is 9.84 Å². The Balaban J connectivity index is 1.70. The molecule has 0 amide bonds. The van der Waals surface area contributed by atoms with Crippen LogP contribution < -0.4 is 0 Å². The minimum absolute atomic E-state index is 0.0637. The van der Waals surface area contributed by atoms with Gasteiger partial charge in [-0.15, -0.1) is 0 Å². The molecule has 2 fully saturated rings. The van der Waals surface area contributed by atoms with Crippen molar-refractivity contribution in [2.24, 2.45) is 0 Å². The predicted molar refractivity (Wildman–Crippen MR) is 63.2 cm³/mol. The van der Waals surface area contributed by atoms with Crippen molar-refractivity contribution in [1.29, 1.82) is 0 Å². The normalized spacial score (nSPS) is 31.5. The number of hydrogen-bond donors (Lipinski definition) is 2. The van der Waals surface area contributed by atoms with Crippen molar-refractivity contribution in [2.75, 3.05) is 0 Å². The molecular formula is C13H20O5. The molecule has 2 bridgehead atoms. The summed E-state index contributed by atoms with van der Waals surface area (Å²) in [6.07, 6.45) is 4.23. The fraction of sp³-hybridized carbons (Fsp3) is 0.846. The van der Waals surface area contributed by atoms with Gasteiger partial charge in [-0.25, -0.2) is 0 Å². The molecule has 0 aromatic carbocycles. The highest BCUT2D eigenvalue weighted by Gasteiger charge is 2.45. The zero-order valence-corrected chi connectivity index (χ0v) is 10.4. The van der Waals surface area contributed by atoms with Gasteiger partial charge in [-0.1, -0.05) is 0 Å². The molecule has 2 saturated heterocycles. The van der Waals surface area contributed by atoms with Gasteiger partial charge in [0.25, 0.3) is 0 Å². The van der Waals surface area contributed by atoms with Gasteiger partial charge in [0.05, 0.1) is 24.2 Å². The number of carboxylic acids is 1. The minimum atomic E-state index is -1.08. The summed E-state index contributed by atoms with van der Waals surface area (Å²) < 4.78 is 5.87. The van der Waals surface area contributed by atoms with Gasteiger partial charge >= 0.3 is 5.97 Å². The number of carbonyl (C=O) groups is 2. The Bertz CT molecular complexity index is 330. The molecule has 2 rings (SSSR count). The van der Waals surface area contributed by atoms with Gasteiger partial charge in [0.1, 0.15) is 5.78 Å². The van der Waals surface area contributed by atoms with Gasteiger partial charge < -0.3 is 14.9 Å². The molecule has 18 heavy (non-hydrogen) atoms. The number of hydrogen-bond acceptors (Lipinski definition) is 4. The van der Waals surface area contributed by atoms with Crippen molar-refractivity contribution in [1.82, 2.24) is 0 Å². The van der Waals surface area contributed by atoms with Gasteiger partial charge in [0, 0.05) is 12.8 Å². The number of ether oxygens (including phenoxy) is 1. The maximum Gasteiger partial charge on any atom is 0.305 e. The summed E-state index contributed by atoms with van der Waals surface area (Å²) in [5.41, 5.74) is -0.0991. The number of carbonyl (C=O) groups excluding carboxylic acids is 1. The average Bonchev–Trinajstić information content (AvgIpc) is 2.85. The van der Waals surface area contributed by atoms with Gasteiger partial charge in [-0.2, -0.15) is 0 Å².